The van der Waals surface area contributed by atoms with Crippen molar-refractivity contribution in [3.8, 4) is 0 Å². The Bertz CT molecular complexity index is 772. The summed E-state index contributed by atoms with van der Waals surface area (Å²) in [6.07, 6.45) is 9.30. The third-order valence-electron chi connectivity index (χ3n) is 3.37. The van der Waals surface area contributed by atoms with E-state index < -0.39 is 0 Å². The summed E-state index contributed by atoms with van der Waals surface area (Å²) < 4.78 is 2.03. The fraction of sp³-hybridized carbons (Fsp3) is 0.111. The van der Waals surface area contributed by atoms with Crippen molar-refractivity contribution in [2.75, 3.05) is 6.54 Å². The molecular formula is C18H18N4O. The average Bonchev–Trinajstić information content (AvgIpc) is 3.24. The number of nitrogens with zero attached hydrogens (tertiary/aromatic N) is 2. The minimum absolute atomic E-state index is 0.116. The molecule has 5 nitrogen and oxygen atoms in total. The fourth-order valence-electron chi connectivity index (χ4n) is 2.24. The van der Waals surface area contributed by atoms with E-state index in [-0.39, 0.29) is 5.91 Å². The molecule has 0 radical (unpaired) electrons. The lowest BCUT2D eigenvalue weighted by molar-refractivity contribution is 0.0953. The highest BCUT2D eigenvalue weighted by atomic mass is 16.1. The van der Waals surface area contributed by atoms with Crippen LogP contribution < -0.4 is 5.32 Å². The zero-order valence-corrected chi connectivity index (χ0v) is 12.6. The maximum atomic E-state index is 11.7. The predicted molar refractivity (Wildman–Crippen MR) is 89.9 cm³/mol. The lowest BCUT2D eigenvalue weighted by Crippen LogP contribution is -2.23. The molecule has 0 unspecified atom stereocenters. The molecule has 0 saturated carbocycles. The second kappa shape index (κ2) is 7.26. The van der Waals surface area contributed by atoms with E-state index in [0.717, 1.165) is 12.2 Å². The summed E-state index contributed by atoms with van der Waals surface area (Å²) in [7, 11) is 0. The van der Waals surface area contributed by atoms with Crippen molar-refractivity contribution < 1.29 is 4.79 Å². The number of nitrogens with one attached hydrogen (secondary N) is 2. The molecule has 1 amide bonds. The Kier molecular flexibility index (Phi) is 4.69. The maximum absolute atomic E-state index is 11.7. The first-order chi connectivity index (χ1) is 11.3. The topological polar surface area (TPSA) is 62.7 Å². The van der Waals surface area contributed by atoms with Crippen molar-refractivity contribution in [2.45, 2.75) is 6.54 Å². The monoisotopic (exact) mass is 306 g/mol. The number of amides is 1. The van der Waals surface area contributed by atoms with Gasteiger partial charge in [0.05, 0.1) is 12.0 Å². The van der Waals surface area contributed by atoms with Crippen molar-refractivity contribution in [1.82, 2.24) is 19.9 Å². The van der Waals surface area contributed by atoms with Crippen LogP contribution in [0.15, 0.2) is 67.3 Å². The Morgan fingerprint density at radius 3 is 2.87 bits per heavy atom. The van der Waals surface area contributed by atoms with Gasteiger partial charge in [-0.25, -0.2) is 4.98 Å². The molecule has 3 aromatic rings. The molecule has 0 aliphatic carbocycles. The highest BCUT2D eigenvalue weighted by molar-refractivity contribution is 5.92. The number of carbonyl (C=O) groups is 1. The highest BCUT2D eigenvalue weighted by Gasteiger charge is 2.02. The first kappa shape index (κ1) is 14.8. The van der Waals surface area contributed by atoms with E-state index in [2.05, 4.69) is 27.4 Å². The molecule has 3 rings (SSSR count). The molecule has 0 atom stereocenters. The summed E-state index contributed by atoms with van der Waals surface area (Å²) in [5.74, 6) is -0.116. The summed E-state index contributed by atoms with van der Waals surface area (Å²) >= 11 is 0. The van der Waals surface area contributed by atoms with E-state index in [4.69, 9.17) is 0 Å². The molecule has 0 spiro atoms. The van der Waals surface area contributed by atoms with Crippen molar-refractivity contribution in [1.29, 1.82) is 0 Å². The number of aromatic nitrogens is 3. The molecule has 2 aromatic heterocycles. The zero-order chi connectivity index (χ0) is 15.9. The van der Waals surface area contributed by atoms with Gasteiger partial charge >= 0.3 is 0 Å². The van der Waals surface area contributed by atoms with Crippen LogP contribution >= 0.6 is 0 Å². The molecule has 2 N–H and O–H groups in total. The Morgan fingerprint density at radius 2 is 2.09 bits per heavy atom. The van der Waals surface area contributed by atoms with Gasteiger partial charge in [-0.1, -0.05) is 36.4 Å². The molecule has 0 fully saturated rings. The number of carbonyl (C=O) groups excluding carboxylic acids is 1. The van der Waals surface area contributed by atoms with Gasteiger partial charge in [-0.2, -0.15) is 0 Å². The van der Waals surface area contributed by atoms with Crippen LogP contribution in [-0.4, -0.2) is 27.0 Å². The van der Waals surface area contributed by atoms with Crippen LogP contribution in [0.4, 0.5) is 0 Å². The smallest absolute Gasteiger partial charge is 0.267 e. The van der Waals surface area contributed by atoms with Crippen LogP contribution in [0.3, 0.4) is 0 Å². The maximum Gasteiger partial charge on any atom is 0.267 e. The number of hydrogen-bond donors (Lipinski definition) is 2. The Labute approximate surface area is 134 Å². The minimum atomic E-state index is -0.116. The van der Waals surface area contributed by atoms with E-state index in [9.17, 15) is 4.79 Å². The number of rotatable bonds is 6. The molecule has 0 aliphatic rings. The average molecular weight is 306 g/mol. The summed E-state index contributed by atoms with van der Waals surface area (Å²) in [4.78, 5) is 18.9. The van der Waals surface area contributed by atoms with Crippen LogP contribution in [0, 0.1) is 0 Å². The number of aromatic amines is 1. The summed E-state index contributed by atoms with van der Waals surface area (Å²) in [6, 6.07) is 13.8. The minimum Gasteiger partial charge on any atom is -0.357 e. The van der Waals surface area contributed by atoms with E-state index in [1.165, 1.54) is 5.56 Å². The van der Waals surface area contributed by atoms with E-state index in [0.29, 0.717) is 12.2 Å². The summed E-state index contributed by atoms with van der Waals surface area (Å²) in [5, 5.41) is 2.81. The third-order valence-corrected chi connectivity index (χ3v) is 3.37. The molecule has 1 aromatic carbocycles. The van der Waals surface area contributed by atoms with Gasteiger partial charge < -0.3 is 14.9 Å². The van der Waals surface area contributed by atoms with E-state index in [1.54, 1.807) is 18.3 Å². The Balaban J connectivity index is 1.49. The highest BCUT2D eigenvalue weighted by Crippen LogP contribution is 2.05. The molecule has 116 valence electrons. The molecule has 0 aliphatic heterocycles. The number of imidazole rings is 1. The van der Waals surface area contributed by atoms with Crippen LogP contribution in [0.5, 0.6) is 0 Å². The second-order valence-corrected chi connectivity index (χ2v) is 5.15. The van der Waals surface area contributed by atoms with Gasteiger partial charge in [0.25, 0.3) is 5.91 Å². The standard InChI is InChI=1S/C18H18N4O/c23-18(17-9-5-10-19-17)20-11-4-8-16-13-22(14-21-16)12-15-6-2-1-3-7-15/h1-10,13-14,19H,11-12H2,(H,20,23)/b8-4+. The zero-order valence-electron chi connectivity index (χ0n) is 12.6. The predicted octanol–water partition coefficient (Wildman–Crippen LogP) is 2.70. The third kappa shape index (κ3) is 4.20. The Hall–Kier alpha value is -3.08. The lowest BCUT2D eigenvalue weighted by Gasteiger charge is -2.00. The summed E-state index contributed by atoms with van der Waals surface area (Å²) in [6.45, 7) is 1.26. The van der Waals surface area contributed by atoms with Crippen molar-refractivity contribution >= 4 is 12.0 Å². The number of H-pyrrole nitrogens is 1. The van der Waals surface area contributed by atoms with Crippen molar-refractivity contribution in [3.63, 3.8) is 0 Å². The van der Waals surface area contributed by atoms with Gasteiger partial charge in [0.1, 0.15) is 5.69 Å². The van der Waals surface area contributed by atoms with Crippen LogP contribution in [0.25, 0.3) is 6.08 Å². The first-order valence-electron chi connectivity index (χ1n) is 7.45. The van der Waals surface area contributed by atoms with Crippen LogP contribution in [-0.2, 0) is 6.54 Å². The molecule has 23 heavy (non-hydrogen) atoms. The Morgan fingerprint density at radius 1 is 1.22 bits per heavy atom. The molecular weight excluding hydrogens is 288 g/mol. The van der Waals surface area contributed by atoms with Gasteiger partial charge in [0.2, 0.25) is 0 Å². The molecule has 0 saturated heterocycles. The fourth-order valence-corrected chi connectivity index (χ4v) is 2.24. The molecule has 2 heterocycles. The number of benzene rings is 1. The largest absolute Gasteiger partial charge is 0.357 e. The van der Waals surface area contributed by atoms with Crippen molar-refractivity contribution in [2.24, 2.45) is 0 Å². The summed E-state index contributed by atoms with van der Waals surface area (Å²) in [5.41, 5.74) is 2.67. The number of hydrogen-bond acceptors (Lipinski definition) is 2. The van der Waals surface area contributed by atoms with E-state index >= 15 is 0 Å². The van der Waals surface area contributed by atoms with Gasteiger partial charge in [-0.15, -0.1) is 0 Å². The molecule has 5 heteroatoms. The van der Waals surface area contributed by atoms with E-state index in [1.807, 2.05) is 47.4 Å². The lowest BCUT2D eigenvalue weighted by atomic mass is 10.2. The van der Waals surface area contributed by atoms with Gasteiger partial charge in [-0.3, -0.25) is 4.79 Å². The SMILES string of the molecule is O=C(NC/C=C/c1cn(Cc2ccccc2)cn1)c1ccc[nH]1. The first-order valence-corrected chi connectivity index (χ1v) is 7.45. The normalized spacial score (nSPS) is 11.0. The molecule has 0 bridgehead atoms. The van der Waals surface area contributed by atoms with Crippen molar-refractivity contribution in [3.05, 3.63) is 84.2 Å². The quantitative estimate of drug-likeness (QED) is 0.735. The van der Waals surface area contributed by atoms with Gasteiger partial charge in [0.15, 0.2) is 0 Å². The second-order valence-electron chi connectivity index (χ2n) is 5.15. The van der Waals surface area contributed by atoms with Crippen LogP contribution in [0.2, 0.25) is 0 Å². The van der Waals surface area contributed by atoms with Gasteiger partial charge in [-0.05, 0) is 23.8 Å². The van der Waals surface area contributed by atoms with Gasteiger partial charge in [0, 0.05) is 25.5 Å². The van der Waals surface area contributed by atoms with Crippen LogP contribution in [0.1, 0.15) is 21.7 Å².